The number of nitrogens with zero attached hydrogens (tertiary/aromatic N) is 5. The Morgan fingerprint density at radius 3 is 1.21 bits per heavy atom. The topological polar surface area (TPSA) is 156 Å². The van der Waals surface area contributed by atoms with Gasteiger partial charge in [0.05, 0.1) is 47.3 Å². The zero-order valence-corrected chi connectivity index (χ0v) is 92.1. The van der Waals surface area contributed by atoms with Crippen molar-refractivity contribution in [3.05, 3.63) is 149 Å². The normalized spacial score (nSPS) is 19.9. The van der Waals surface area contributed by atoms with Crippen LogP contribution in [0.2, 0.25) is 36.3 Å². The average Bonchev–Trinajstić information content (AvgIpc) is 1.63. The first-order chi connectivity index (χ1) is 59.8. The molecule has 1 saturated heterocycles. The predicted molar refractivity (Wildman–Crippen MR) is 555 cm³/mol. The van der Waals surface area contributed by atoms with Gasteiger partial charge >= 0.3 is 385 Å². The molecule has 13 rings (SSSR count). The second-order valence-corrected chi connectivity index (χ2v) is 66.7. The maximum absolute atomic E-state index is 11.9. The summed E-state index contributed by atoms with van der Waals surface area (Å²) in [5.41, 5.74) is 6.80. The van der Waals surface area contributed by atoms with Crippen molar-refractivity contribution >= 4 is 123 Å². The third-order valence-corrected chi connectivity index (χ3v) is 57.0. The minimum atomic E-state index is -2.29. The molecule has 2 unspecified atom stereocenters. The van der Waals surface area contributed by atoms with Crippen LogP contribution >= 0.6 is 49.0 Å². The molecule has 2 aromatic heterocycles. The number of fused-ring (bicyclic) bond motifs is 2. The van der Waals surface area contributed by atoms with E-state index in [4.69, 9.17) is 51.7 Å². The number of hydrogen-bond acceptors (Lipinski definition) is 14. The first kappa shape index (κ1) is 111. The van der Waals surface area contributed by atoms with Crippen LogP contribution < -0.4 is 15.9 Å². The van der Waals surface area contributed by atoms with Gasteiger partial charge in [0.2, 0.25) is 0 Å². The van der Waals surface area contributed by atoms with Gasteiger partial charge in [-0.3, -0.25) is 9.59 Å². The van der Waals surface area contributed by atoms with Crippen LogP contribution in [0.4, 0.5) is 0 Å². The molecule has 127 heavy (non-hydrogen) atoms. The predicted octanol–water partition coefficient (Wildman–Crippen LogP) is 29.4. The molecule has 2 atom stereocenters. The van der Waals surface area contributed by atoms with E-state index in [1.165, 1.54) is 168 Å². The van der Waals surface area contributed by atoms with E-state index in [0.717, 1.165) is 71.6 Å². The van der Waals surface area contributed by atoms with Crippen LogP contribution in [0, 0.1) is 10.8 Å². The number of rotatable bonds is 21. The fourth-order valence-corrected chi connectivity index (χ4v) is 43.7. The Morgan fingerprint density at radius 2 is 0.866 bits per heavy atom. The SMILES string of the molecule is CC(O[Si](C)(C)C(C)(C)C)c1ncc2ccc(Br)cc2n1.CN(C)P(c1ccccc1)(C1CCCCC1)(C1CCCCC1)C1CCCCC1.CNC.COC(=O)C(C)(C)/C=C/B1OC(C)(C)C(C)(C)O1.COC(=O)C(C)(C)/C=C/c1ccc2cnc(C(C)O[Si](C)(C)C(C)(C)C)nc2c1.[Cl][Pd][Cl].c1ccc([PH](C2CCCCC2)(C2CCCCC2)C2CCCCC2)cc1. The monoisotopic (exact) mass is 2010 g/mol. The van der Waals surface area contributed by atoms with Crippen LogP contribution in [0.1, 0.15) is 333 Å². The quantitative estimate of drug-likeness (QED) is 0.0412. The van der Waals surface area contributed by atoms with Gasteiger partial charge in [0.25, 0.3) is 0 Å². The molecule has 1 N–H and O–H groups in total. The molecule has 0 spiro atoms. The summed E-state index contributed by atoms with van der Waals surface area (Å²) in [6, 6.07) is 36.4. The number of methoxy groups -OCH3 is 2. The molecule has 0 radical (unpaired) electrons. The molecule has 4 aromatic carbocycles. The number of carbonyl (C=O) groups excluding carboxylic acids is 2. The number of hydrogen-bond donors (Lipinski definition) is 1. The van der Waals surface area contributed by atoms with E-state index in [0.29, 0.717) is 5.82 Å². The number of benzene rings is 4. The molecular weight excluding hydrogens is 1850 g/mol. The maximum atomic E-state index is 11.9. The van der Waals surface area contributed by atoms with E-state index in [1.54, 1.807) is 64.4 Å². The van der Waals surface area contributed by atoms with Gasteiger partial charge in [-0.25, -0.2) is 19.9 Å². The van der Waals surface area contributed by atoms with Crippen LogP contribution in [0.5, 0.6) is 0 Å². The third kappa shape index (κ3) is 28.3. The Labute approximate surface area is 799 Å². The van der Waals surface area contributed by atoms with E-state index in [9.17, 15) is 9.59 Å². The molecule has 6 saturated carbocycles. The van der Waals surface area contributed by atoms with Gasteiger partial charge in [0, 0.05) is 27.6 Å². The summed E-state index contributed by atoms with van der Waals surface area (Å²) >= 11 is 3.38. The van der Waals surface area contributed by atoms with Gasteiger partial charge in [0.1, 0.15) is 12.2 Å². The molecule has 6 aromatic rings. The van der Waals surface area contributed by atoms with Gasteiger partial charge < -0.3 is 33.0 Å². The molecular formula is C104H170BBrCl2N6O8P2PdSi2. The molecule has 1 aliphatic heterocycles. The molecule has 14 nitrogen and oxygen atoms in total. The van der Waals surface area contributed by atoms with Crippen LogP contribution in [0.15, 0.2) is 132 Å². The Morgan fingerprint density at radius 1 is 0.535 bits per heavy atom. The Balaban J connectivity index is 0.000000216. The summed E-state index contributed by atoms with van der Waals surface area (Å²) in [5.74, 6) is 2.67. The number of aromatic nitrogens is 4. The molecule has 23 heteroatoms. The molecule has 7 aliphatic rings. The molecule has 7 fully saturated rings. The van der Waals surface area contributed by atoms with E-state index in [1.807, 2.05) is 141 Å². The van der Waals surface area contributed by atoms with E-state index < -0.39 is 48.6 Å². The number of esters is 2. The summed E-state index contributed by atoms with van der Waals surface area (Å²) in [6.07, 6.45) is 54.3. The summed E-state index contributed by atoms with van der Waals surface area (Å²) in [7, 11) is 15.6. The van der Waals surface area contributed by atoms with Crippen molar-refractivity contribution in [1.82, 2.24) is 29.9 Å². The van der Waals surface area contributed by atoms with Crippen molar-refractivity contribution in [3.63, 3.8) is 0 Å². The van der Waals surface area contributed by atoms with Crippen molar-refractivity contribution in [2.24, 2.45) is 10.8 Å². The number of halogens is 3. The van der Waals surface area contributed by atoms with Gasteiger partial charge in [-0.15, -0.1) is 0 Å². The number of carbonyl (C=O) groups is 2. The summed E-state index contributed by atoms with van der Waals surface area (Å²) in [4.78, 5) is 41.8. The van der Waals surface area contributed by atoms with E-state index in [2.05, 4.69) is 183 Å². The van der Waals surface area contributed by atoms with Crippen molar-refractivity contribution < 1.29 is 53.2 Å². The van der Waals surface area contributed by atoms with Crippen LogP contribution in [-0.2, 0) is 53.2 Å². The summed E-state index contributed by atoms with van der Waals surface area (Å²) < 4.78 is 38.0. The minimum absolute atomic E-state index is 0.0886. The Hall–Kier alpha value is -3.18. The fourth-order valence-electron chi connectivity index (χ4n) is 21.7. The average molecular weight is 2020 g/mol. The van der Waals surface area contributed by atoms with E-state index in [-0.39, 0.29) is 61.4 Å². The zero-order valence-electron chi connectivity index (χ0n) is 83.5. The standard InChI is InChI=1S/C26H44NP.C24H39P.C23H34N2O3Si.C16H23BrN2OSi.C13H23BO4.C2H7N.2ClH.Pd/c1-27(2)28(23-15-7-3-8-16-23,24-17-9-4-10-18-24,25-19-11-5-12-20-25)26-21-13-6-14-22-26;1-5-13-21(14-6-1)25(22-15-7-2-8-16-22,23-17-9-3-10-18-23)24-19-11-4-12-20-24;1-16(28-29(8,9)22(2,3)4)20-24-15-18-11-10-17(14-19(18)25-20)12-13-23(5,6)21(26)27-7;1-11(20-21(5,6)16(2,3)4)15-18-10-12-7-8-13(17)9-14(12)19-15;1-11(2,10(15)16-7)8-9-14-17-12(3,4)13(5,6)18-14;1-3-2;;;/h3,7-8,15-16,24-26H,4-6,9-14,17-22H2,1-2H3;1,5-6,13-14,22-25H,2-4,7-12,15-20H2;10-16H,1-9H3;7-11H,1-6H3;8-9H,1-7H3;3H,1-2H3;2*1H;/q;;;;;;;;+2/p-2/b;;13-12+;;9-8+;;;;. The fraction of sp³-hybridized carbons (Fsp3) is 0.673. The van der Waals surface area contributed by atoms with Crippen molar-refractivity contribution in [1.29, 1.82) is 0 Å². The van der Waals surface area contributed by atoms with Gasteiger partial charge in [0.15, 0.2) is 28.3 Å². The van der Waals surface area contributed by atoms with Gasteiger partial charge in [-0.1, -0.05) is 99.9 Å². The third-order valence-electron chi connectivity index (χ3n) is 30.9. The summed E-state index contributed by atoms with van der Waals surface area (Å²) in [5, 5.41) is 8.76. The van der Waals surface area contributed by atoms with Crippen LogP contribution in [0.25, 0.3) is 27.9 Å². The second kappa shape index (κ2) is 50.1. The van der Waals surface area contributed by atoms with Crippen LogP contribution in [0.3, 0.4) is 0 Å². The molecule has 0 amide bonds. The Kier molecular flexibility index (Phi) is 43.7. The second-order valence-electron chi connectivity index (χ2n) is 43.0. The molecule has 716 valence electrons. The van der Waals surface area contributed by atoms with E-state index >= 15 is 0 Å². The number of nitrogens with one attached hydrogen (secondary N) is 1. The van der Waals surface area contributed by atoms with Gasteiger partial charge in [-0.2, -0.15) is 0 Å². The van der Waals surface area contributed by atoms with Crippen molar-refractivity contribution in [2.45, 2.75) is 397 Å². The number of ether oxygens (including phenoxy) is 2. The first-order valence-corrected chi connectivity index (χ1v) is 63.8. The van der Waals surface area contributed by atoms with Crippen molar-refractivity contribution in [3.8, 4) is 0 Å². The molecule has 0 bridgehead atoms. The first-order valence-electron chi connectivity index (χ1n) is 48.5. The summed E-state index contributed by atoms with van der Waals surface area (Å²) in [6.45, 7) is 39.3. The zero-order chi connectivity index (χ0) is 93.9. The van der Waals surface area contributed by atoms with Gasteiger partial charge in [-0.05, 0) is 143 Å². The van der Waals surface area contributed by atoms with Crippen molar-refractivity contribution in [2.75, 3.05) is 42.4 Å². The van der Waals surface area contributed by atoms with Crippen LogP contribution in [-0.4, -0.2) is 148 Å². The molecule has 6 aliphatic carbocycles. The molecule has 3 heterocycles. The Bertz CT molecular complexity index is 4260.